The maximum Gasteiger partial charge on any atom is 0.227 e. The van der Waals surface area contributed by atoms with Crippen molar-refractivity contribution in [1.82, 2.24) is 15.3 Å². The highest BCUT2D eigenvalue weighted by Crippen LogP contribution is 2.24. The number of aromatic amines is 1. The van der Waals surface area contributed by atoms with Crippen molar-refractivity contribution in [2.45, 2.75) is 12.8 Å². The van der Waals surface area contributed by atoms with Crippen LogP contribution in [-0.2, 0) is 4.79 Å². The zero-order chi connectivity index (χ0) is 17.2. The van der Waals surface area contributed by atoms with Gasteiger partial charge in [-0.15, -0.1) is 0 Å². The number of hydrogen-bond donors (Lipinski definition) is 3. The summed E-state index contributed by atoms with van der Waals surface area (Å²) in [5.41, 5.74) is 3.21. The maximum atomic E-state index is 13.1. The van der Waals surface area contributed by atoms with Crippen LogP contribution in [0.4, 0.5) is 10.1 Å². The van der Waals surface area contributed by atoms with Gasteiger partial charge >= 0.3 is 0 Å². The van der Waals surface area contributed by atoms with E-state index in [1.54, 1.807) is 12.1 Å². The van der Waals surface area contributed by atoms with Gasteiger partial charge < -0.3 is 15.6 Å². The molecule has 4 rings (SSSR count). The molecule has 2 aromatic carbocycles. The molecule has 0 bridgehead atoms. The number of fused-ring (bicyclic) bond motifs is 1. The highest BCUT2D eigenvalue weighted by Gasteiger charge is 2.21. The topological polar surface area (TPSA) is 69.8 Å². The molecule has 1 saturated heterocycles. The first-order chi connectivity index (χ1) is 12.2. The van der Waals surface area contributed by atoms with Gasteiger partial charge in [0, 0.05) is 17.2 Å². The number of aromatic nitrogens is 2. The van der Waals surface area contributed by atoms with Crippen LogP contribution in [0.1, 0.15) is 12.8 Å². The van der Waals surface area contributed by atoms with Crippen LogP contribution < -0.4 is 10.6 Å². The van der Waals surface area contributed by atoms with Gasteiger partial charge in [0.2, 0.25) is 5.91 Å². The Bertz CT molecular complexity index is 897. The molecule has 1 amide bonds. The SMILES string of the molecule is O=C(Nc1ccc2nc(-c3ccc(F)cc3)[nH]c2c1)C1CCNCC1. The van der Waals surface area contributed by atoms with Crippen molar-refractivity contribution < 1.29 is 9.18 Å². The summed E-state index contributed by atoms with van der Waals surface area (Å²) in [4.78, 5) is 20.1. The second kappa shape index (κ2) is 6.64. The highest BCUT2D eigenvalue weighted by atomic mass is 19.1. The zero-order valence-electron chi connectivity index (χ0n) is 13.7. The molecule has 3 aromatic rings. The Kier molecular flexibility index (Phi) is 4.19. The Morgan fingerprint density at radius 1 is 1.12 bits per heavy atom. The summed E-state index contributed by atoms with van der Waals surface area (Å²) in [5.74, 6) is 0.534. The van der Waals surface area contributed by atoms with Crippen LogP contribution in [-0.4, -0.2) is 29.0 Å². The number of carbonyl (C=O) groups excluding carboxylic acids is 1. The van der Waals surface area contributed by atoms with Gasteiger partial charge in [0.15, 0.2) is 0 Å². The van der Waals surface area contributed by atoms with Gasteiger partial charge in [-0.2, -0.15) is 0 Å². The number of piperidine rings is 1. The van der Waals surface area contributed by atoms with Gasteiger partial charge in [-0.25, -0.2) is 9.37 Å². The van der Waals surface area contributed by atoms with Gasteiger partial charge in [-0.1, -0.05) is 0 Å². The summed E-state index contributed by atoms with van der Waals surface area (Å²) in [6.45, 7) is 1.78. The van der Waals surface area contributed by atoms with Crippen molar-refractivity contribution in [2.24, 2.45) is 5.92 Å². The molecular formula is C19H19FN4O. The molecule has 6 heteroatoms. The monoisotopic (exact) mass is 338 g/mol. The Morgan fingerprint density at radius 3 is 2.64 bits per heavy atom. The van der Waals surface area contributed by atoms with E-state index in [-0.39, 0.29) is 17.6 Å². The Labute approximate surface area is 144 Å². The van der Waals surface area contributed by atoms with Gasteiger partial charge in [0.1, 0.15) is 11.6 Å². The molecule has 3 N–H and O–H groups in total. The first-order valence-corrected chi connectivity index (χ1v) is 8.46. The molecule has 2 heterocycles. The van der Waals surface area contributed by atoms with Crippen LogP contribution in [0.25, 0.3) is 22.4 Å². The molecule has 1 aliphatic heterocycles. The standard InChI is InChI=1S/C19H19FN4O/c20-14-3-1-12(2-4-14)18-23-16-6-5-15(11-17(16)24-18)22-19(25)13-7-9-21-10-8-13/h1-6,11,13,21H,7-10H2,(H,22,25)(H,23,24). The minimum Gasteiger partial charge on any atom is -0.338 e. The smallest absolute Gasteiger partial charge is 0.227 e. The van der Waals surface area contributed by atoms with Crippen LogP contribution in [0.5, 0.6) is 0 Å². The largest absolute Gasteiger partial charge is 0.338 e. The summed E-state index contributed by atoms with van der Waals surface area (Å²) >= 11 is 0. The minimum atomic E-state index is -0.275. The lowest BCUT2D eigenvalue weighted by molar-refractivity contribution is -0.120. The predicted octanol–water partition coefficient (Wildman–Crippen LogP) is 3.31. The van der Waals surface area contributed by atoms with Crippen LogP contribution in [0.2, 0.25) is 0 Å². The van der Waals surface area contributed by atoms with E-state index in [9.17, 15) is 9.18 Å². The average molecular weight is 338 g/mol. The highest BCUT2D eigenvalue weighted by molar-refractivity contribution is 5.94. The summed E-state index contributed by atoms with van der Waals surface area (Å²) in [6.07, 6.45) is 1.74. The predicted molar refractivity (Wildman–Crippen MR) is 95.7 cm³/mol. The van der Waals surface area contributed by atoms with Crippen molar-refractivity contribution in [1.29, 1.82) is 0 Å². The van der Waals surface area contributed by atoms with Crippen molar-refractivity contribution in [3.05, 3.63) is 48.3 Å². The molecule has 0 saturated carbocycles. The van der Waals surface area contributed by atoms with Crippen LogP contribution in [0.3, 0.4) is 0 Å². The molecule has 0 atom stereocenters. The fourth-order valence-corrected chi connectivity index (χ4v) is 3.16. The molecule has 0 radical (unpaired) electrons. The van der Waals surface area contributed by atoms with E-state index in [1.807, 2.05) is 18.2 Å². The minimum absolute atomic E-state index is 0.0634. The van der Waals surface area contributed by atoms with Gasteiger partial charge in [0.05, 0.1) is 11.0 Å². The van der Waals surface area contributed by atoms with Crippen LogP contribution in [0.15, 0.2) is 42.5 Å². The summed E-state index contributed by atoms with van der Waals surface area (Å²) in [6, 6.07) is 11.8. The lowest BCUT2D eigenvalue weighted by Crippen LogP contribution is -2.34. The van der Waals surface area contributed by atoms with E-state index >= 15 is 0 Å². The van der Waals surface area contributed by atoms with E-state index in [2.05, 4.69) is 20.6 Å². The molecule has 25 heavy (non-hydrogen) atoms. The van der Waals surface area contributed by atoms with Crippen molar-refractivity contribution >= 4 is 22.6 Å². The summed E-state index contributed by atoms with van der Waals surface area (Å²) in [7, 11) is 0. The molecule has 1 aliphatic rings. The molecule has 1 fully saturated rings. The number of rotatable bonds is 3. The fraction of sp³-hybridized carbons (Fsp3) is 0.263. The van der Waals surface area contributed by atoms with E-state index < -0.39 is 0 Å². The third-order valence-electron chi connectivity index (χ3n) is 4.58. The second-order valence-electron chi connectivity index (χ2n) is 6.34. The number of carbonyl (C=O) groups is 1. The number of imidazole rings is 1. The molecule has 0 spiro atoms. The maximum absolute atomic E-state index is 13.1. The number of anilines is 1. The van der Waals surface area contributed by atoms with Crippen LogP contribution >= 0.6 is 0 Å². The number of benzene rings is 2. The van der Waals surface area contributed by atoms with E-state index in [4.69, 9.17) is 0 Å². The van der Waals surface area contributed by atoms with Crippen molar-refractivity contribution in [3.63, 3.8) is 0 Å². The lowest BCUT2D eigenvalue weighted by atomic mass is 9.97. The van der Waals surface area contributed by atoms with Gasteiger partial charge in [0.25, 0.3) is 0 Å². The second-order valence-corrected chi connectivity index (χ2v) is 6.34. The molecule has 128 valence electrons. The number of H-pyrrole nitrogens is 1. The first-order valence-electron chi connectivity index (χ1n) is 8.46. The summed E-state index contributed by atoms with van der Waals surface area (Å²) < 4.78 is 13.1. The van der Waals surface area contributed by atoms with Gasteiger partial charge in [-0.3, -0.25) is 4.79 Å². The molecule has 5 nitrogen and oxygen atoms in total. The average Bonchev–Trinajstić information content (AvgIpc) is 3.06. The Balaban J connectivity index is 1.55. The number of hydrogen-bond acceptors (Lipinski definition) is 3. The van der Waals surface area contributed by atoms with Crippen LogP contribution in [0, 0.1) is 11.7 Å². The van der Waals surface area contributed by atoms with E-state index in [0.29, 0.717) is 5.82 Å². The Hall–Kier alpha value is -2.73. The molecule has 0 aliphatic carbocycles. The summed E-state index contributed by atoms with van der Waals surface area (Å²) in [5, 5.41) is 6.26. The molecular weight excluding hydrogens is 319 g/mol. The molecule has 1 aromatic heterocycles. The zero-order valence-corrected chi connectivity index (χ0v) is 13.7. The van der Waals surface area contributed by atoms with Crippen molar-refractivity contribution in [3.8, 4) is 11.4 Å². The number of nitrogens with zero attached hydrogens (tertiary/aromatic N) is 1. The van der Waals surface area contributed by atoms with Gasteiger partial charge in [-0.05, 0) is 68.4 Å². The lowest BCUT2D eigenvalue weighted by Gasteiger charge is -2.21. The third-order valence-corrected chi connectivity index (χ3v) is 4.58. The third kappa shape index (κ3) is 3.39. The fourth-order valence-electron chi connectivity index (χ4n) is 3.16. The number of amides is 1. The number of nitrogens with one attached hydrogen (secondary N) is 3. The number of halogens is 1. The Morgan fingerprint density at radius 2 is 1.88 bits per heavy atom. The van der Waals surface area contributed by atoms with Crippen molar-refractivity contribution in [2.75, 3.05) is 18.4 Å². The van der Waals surface area contributed by atoms with E-state index in [1.165, 1.54) is 12.1 Å². The quantitative estimate of drug-likeness (QED) is 0.686. The van der Waals surface area contributed by atoms with E-state index in [0.717, 1.165) is 48.2 Å². The first kappa shape index (κ1) is 15.8. The molecule has 0 unspecified atom stereocenters. The normalized spacial score (nSPS) is 15.4.